The number of imidazole rings is 1. The smallest absolute Gasteiger partial charge is 0.250 e. The fourth-order valence-corrected chi connectivity index (χ4v) is 5.59. The maximum atomic E-state index is 14.4. The molecule has 4 aromatic heterocycles. The Morgan fingerprint density at radius 3 is 2.74 bits per heavy atom. The second kappa shape index (κ2) is 11.2. The van der Waals surface area contributed by atoms with Crippen LogP contribution in [0, 0.1) is 12.7 Å². The number of H-pyrrole nitrogens is 1. The molecular formula is C25H30FN9O3S. The first kappa shape index (κ1) is 26.8. The summed E-state index contributed by atoms with van der Waals surface area (Å²) in [6.45, 7) is 8.03. The van der Waals surface area contributed by atoms with Gasteiger partial charge in [0.05, 0.1) is 31.2 Å². The summed E-state index contributed by atoms with van der Waals surface area (Å²) in [5, 5.41) is 3.17. The molecule has 1 saturated heterocycles. The number of ether oxygens (including phenoxy) is 1. The number of piperazine rings is 1. The average molecular weight is 556 g/mol. The van der Waals surface area contributed by atoms with Gasteiger partial charge in [-0.05, 0) is 32.4 Å². The maximum absolute atomic E-state index is 14.4. The van der Waals surface area contributed by atoms with Crippen molar-refractivity contribution in [1.82, 2.24) is 39.7 Å². The van der Waals surface area contributed by atoms with Gasteiger partial charge >= 0.3 is 0 Å². The molecule has 1 aliphatic heterocycles. The van der Waals surface area contributed by atoms with Crippen molar-refractivity contribution >= 4 is 33.4 Å². The molecule has 5 rings (SSSR count). The number of hydrogen-bond acceptors (Lipinski definition) is 11. The van der Waals surface area contributed by atoms with Crippen molar-refractivity contribution in [3.05, 3.63) is 48.1 Å². The van der Waals surface area contributed by atoms with Gasteiger partial charge in [0.1, 0.15) is 22.9 Å². The monoisotopic (exact) mass is 555 g/mol. The minimum Gasteiger partial charge on any atom is -0.479 e. The highest BCUT2D eigenvalue weighted by molar-refractivity contribution is 7.72. The largest absolute Gasteiger partial charge is 0.479 e. The molecule has 0 spiro atoms. The lowest BCUT2D eigenvalue weighted by atomic mass is 10.0. The molecule has 0 aromatic carbocycles. The molecule has 39 heavy (non-hydrogen) atoms. The quantitative estimate of drug-likeness (QED) is 0.276. The Bertz CT molecular complexity index is 1570. The highest BCUT2D eigenvalue weighted by Crippen LogP contribution is 2.35. The fraction of sp³-hybridized carbons (Fsp3) is 0.400. The van der Waals surface area contributed by atoms with Crippen molar-refractivity contribution in [2.75, 3.05) is 37.9 Å². The van der Waals surface area contributed by atoms with Crippen molar-refractivity contribution in [3.63, 3.8) is 0 Å². The molecule has 0 saturated carbocycles. The van der Waals surface area contributed by atoms with E-state index in [4.69, 9.17) is 14.7 Å². The van der Waals surface area contributed by atoms with E-state index in [2.05, 4.69) is 44.0 Å². The van der Waals surface area contributed by atoms with E-state index >= 15 is 0 Å². The third kappa shape index (κ3) is 5.67. The van der Waals surface area contributed by atoms with Crippen molar-refractivity contribution in [2.45, 2.75) is 32.9 Å². The number of halogens is 1. The van der Waals surface area contributed by atoms with Crippen LogP contribution in [0.2, 0.25) is 0 Å². The maximum Gasteiger partial charge on any atom is 0.250 e. The van der Waals surface area contributed by atoms with E-state index in [1.807, 2.05) is 11.0 Å². The van der Waals surface area contributed by atoms with Crippen LogP contribution in [0.1, 0.15) is 31.3 Å². The lowest BCUT2D eigenvalue weighted by Crippen LogP contribution is -2.52. The van der Waals surface area contributed by atoms with Crippen LogP contribution >= 0.6 is 0 Å². The van der Waals surface area contributed by atoms with Crippen LogP contribution in [-0.4, -0.2) is 86.8 Å². The van der Waals surface area contributed by atoms with Crippen molar-refractivity contribution in [3.8, 4) is 17.1 Å². The minimum atomic E-state index is -2.45. The van der Waals surface area contributed by atoms with E-state index in [1.54, 1.807) is 19.4 Å². The number of fused-ring (bicyclic) bond motifs is 1. The van der Waals surface area contributed by atoms with Crippen LogP contribution in [0.15, 0.2) is 30.9 Å². The van der Waals surface area contributed by atoms with Crippen LogP contribution in [0.25, 0.3) is 22.4 Å². The molecular weight excluding hydrogens is 525 g/mol. The van der Waals surface area contributed by atoms with Crippen LogP contribution in [-0.2, 0) is 10.7 Å². The van der Waals surface area contributed by atoms with E-state index < -0.39 is 16.5 Å². The SMILES string of the molecule is COc1ncc(Nc2ncc([C@H](C)N3CCN(C[SH](=O)=O)C[C@@H]3C)cc2-c2nc(C)nc3[nH]cnc23)cc1F. The summed E-state index contributed by atoms with van der Waals surface area (Å²) in [6, 6.07) is 3.43. The molecule has 0 amide bonds. The zero-order valence-electron chi connectivity index (χ0n) is 22.1. The average Bonchev–Trinajstić information content (AvgIpc) is 3.36. The summed E-state index contributed by atoms with van der Waals surface area (Å²) in [5.41, 5.74) is 3.79. The van der Waals surface area contributed by atoms with Gasteiger partial charge in [-0.3, -0.25) is 9.80 Å². The number of aromatic nitrogens is 6. The van der Waals surface area contributed by atoms with Gasteiger partial charge in [0, 0.05) is 49.5 Å². The highest BCUT2D eigenvalue weighted by atomic mass is 32.2. The van der Waals surface area contributed by atoms with Gasteiger partial charge in [-0.2, -0.15) is 0 Å². The normalized spacial score (nSPS) is 17.5. The summed E-state index contributed by atoms with van der Waals surface area (Å²) in [4.78, 5) is 29.6. The second-order valence-electron chi connectivity index (χ2n) is 9.54. The Morgan fingerprint density at radius 2 is 2.03 bits per heavy atom. The Hall–Kier alpha value is -3.75. The van der Waals surface area contributed by atoms with Gasteiger partial charge < -0.3 is 15.0 Å². The second-order valence-corrected chi connectivity index (χ2v) is 10.5. The summed E-state index contributed by atoms with van der Waals surface area (Å²) in [7, 11) is -1.10. The first-order chi connectivity index (χ1) is 18.7. The highest BCUT2D eigenvalue weighted by Gasteiger charge is 2.29. The van der Waals surface area contributed by atoms with Crippen molar-refractivity contribution in [2.24, 2.45) is 0 Å². The molecule has 2 N–H and O–H groups in total. The predicted molar refractivity (Wildman–Crippen MR) is 145 cm³/mol. The lowest BCUT2D eigenvalue weighted by Gasteiger charge is -2.42. The first-order valence-electron chi connectivity index (χ1n) is 12.5. The molecule has 0 unspecified atom stereocenters. The number of aryl methyl sites for hydroxylation is 1. The first-order valence-corrected chi connectivity index (χ1v) is 13.8. The van der Waals surface area contributed by atoms with Crippen LogP contribution in [0.3, 0.4) is 0 Å². The standard InChI is InChI=1S/C25H30FN9O3S/c1-14-11-34(13-39(36)37)5-6-35(14)15(2)17-7-19(21-22-24(30-12-29-22)32-16(3)31-21)23(27-9-17)33-18-8-20(26)25(38-4)28-10-18/h7-10,12,14-15,39H,5-6,11,13H2,1-4H3,(H,27,33)(H,29,30,31,32)/t14-,15-/m0/s1. The predicted octanol–water partition coefficient (Wildman–Crippen LogP) is 2.65. The van der Waals surface area contributed by atoms with Gasteiger partial charge in [0.2, 0.25) is 5.88 Å². The van der Waals surface area contributed by atoms with Crippen LogP contribution in [0.4, 0.5) is 15.9 Å². The number of methoxy groups -OCH3 is 1. The molecule has 14 heteroatoms. The third-order valence-corrected chi connectivity index (χ3v) is 7.51. The number of hydrogen-bond donors (Lipinski definition) is 3. The van der Waals surface area contributed by atoms with E-state index in [0.717, 1.165) is 5.56 Å². The number of thiol groups is 1. The van der Waals surface area contributed by atoms with E-state index in [9.17, 15) is 12.8 Å². The van der Waals surface area contributed by atoms with E-state index in [1.165, 1.54) is 19.4 Å². The molecule has 1 aliphatic rings. The molecule has 0 bridgehead atoms. The summed E-state index contributed by atoms with van der Waals surface area (Å²) >= 11 is 0. The molecule has 5 heterocycles. The zero-order valence-corrected chi connectivity index (χ0v) is 22.9. The number of anilines is 2. The third-order valence-electron chi connectivity index (χ3n) is 6.88. The molecule has 0 radical (unpaired) electrons. The van der Waals surface area contributed by atoms with Crippen molar-refractivity contribution < 1.29 is 17.5 Å². The summed E-state index contributed by atoms with van der Waals surface area (Å²) in [5.74, 6) is 0.388. The Morgan fingerprint density at radius 1 is 1.21 bits per heavy atom. The number of rotatable bonds is 8. The molecule has 12 nitrogen and oxygen atoms in total. The molecule has 1 fully saturated rings. The fourth-order valence-electron chi connectivity index (χ4n) is 5.01. The summed E-state index contributed by atoms with van der Waals surface area (Å²) < 4.78 is 41.7. The van der Waals surface area contributed by atoms with Crippen LogP contribution in [0.5, 0.6) is 5.88 Å². The molecule has 4 aromatic rings. The summed E-state index contributed by atoms with van der Waals surface area (Å²) in [6.07, 6.45) is 4.82. The van der Waals surface area contributed by atoms with Gasteiger partial charge in [-0.1, -0.05) is 0 Å². The van der Waals surface area contributed by atoms with Crippen molar-refractivity contribution in [1.29, 1.82) is 0 Å². The molecule has 2 atom stereocenters. The van der Waals surface area contributed by atoms with Gasteiger partial charge in [0.15, 0.2) is 22.2 Å². The molecule has 0 aliphatic carbocycles. The van der Waals surface area contributed by atoms with Gasteiger partial charge in [-0.25, -0.2) is 37.7 Å². The number of aromatic amines is 1. The minimum absolute atomic E-state index is 0.0128. The number of pyridine rings is 2. The molecule has 206 valence electrons. The topological polar surface area (TPSA) is 142 Å². The van der Waals surface area contributed by atoms with Gasteiger partial charge in [-0.15, -0.1) is 0 Å². The van der Waals surface area contributed by atoms with E-state index in [-0.39, 0.29) is 23.8 Å². The Kier molecular flexibility index (Phi) is 7.68. The Balaban J connectivity index is 1.53. The Labute approximate surface area is 226 Å². The van der Waals surface area contributed by atoms with Crippen LogP contribution < -0.4 is 10.1 Å². The number of nitrogens with one attached hydrogen (secondary N) is 2. The van der Waals surface area contributed by atoms with E-state index in [0.29, 0.717) is 59.4 Å². The zero-order chi connectivity index (χ0) is 27.7. The number of nitrogens with zero attached hydrogens (tertiary/aromatic N) is 7. The lowest BCUT2D eigenvalue weighted by molar-refractivity contribution is 0.0635. The van der Waals surface area contributed by atoms with Gasteiger partial charge in [0.25, 0.3) is 0 Å².